The van der Waals surface area contributed by atoms with Crippen molar-refractivity contribution in [2.24, 2.45) is 5.16 Å². The number of hydrogen-bond acceptors (Lipinski definition) is 5. The van der Waals surface area contributed by atoms with E-state index in [1.54, 1.807) is 0 Å². The molecule has 7 nitrogen and oxygen atoms in total. The first-order valence-corrected chi connectivity index (χ1v) is 9.91. The van der Waals surface area contributed by atoms with Gasteiger partial charge in [-0.15, -0.1) is 0 Å². The van der Waals surface area contributed by atoms with Gasteiger partial charge in [-0.2, -0.15) is 0 Å². The highest BCUT2D eigenvalue weighted by molar-refractivity contribution is 5.99. The van der Waals surface area contributed by atoms with E-state index in [0.717, 1.165) is 44.0 Å². The lowest BCUT2D eigenvalue weighted by Crippen LogP contribution is -3.13. The van der Waals surface area contributed by atoms with Crippen molar-refractivity contribution in [3.8, 4) is 11.5 Å². The SMILES string of the molecule is C/C(=N/OCC(=O)N1CC[NH+](Cc2ccccc2)CC1)c1ccc2c(c1)OCO2. The van der Waals surface area contributed by atoms with Gasteiger partial charge in [0.1, 0.15) is 6.54 Å². The van der Waals surface area contributed by atoms with Crippen LogP contribution in [0.3, 0.4) is 0 Å². The Labute approximate surface area is 170 Å². The number of oxime groups is 1. The fourth-order valence-electron chi connectivity index (χ4n) is 3.58. The predicted octanol–water partition coefficient (Wildman–Crippen LogP) is 1.08. The van der Waals surface area contributed by atoms with Crippen LogP contribution in [0.1, 0.15) is 18.1 Å². The molecule has 2 aliphatic heterocycles. The zero-order chi connectivity index (χ0) is 20.1. The second-order valence-corrected chi connectivity index (χ2v) is 7.31. The number of benzene rings is 2. The van der Waals surface area contributed by atoms with Gasteiger partial charge >= 0.3 is 0 Å². The average molecular weight is 396 g/mol. The standard InChI is InChI=1S/C22H25N3O4/c1-17(19-7-8-20-21(13-19)28-16-27-20)23-29-15-22(26)25-11-9-24(10-12-25)14-18-5-3-2-4-6-18/h2-8,13H,9-12,14-16H2,1H3/p+1/b23-17-. The van der Waals surface area contributed by atoms with Gasteiger partial charge in [-0.25, -0.2) is 0 Å². The highest BCUT2D eigenvalue weighted by Crippen LogP contribution is 2.32. The van der Waals surface area contributed by atoms with E-state index >= 15 is 0 Å². The molecule has 4 rings (SSSR count). The molecule has 2 heterocycles. The van der Waals surface area contributed by atoms with Crippen molar-refractivity contribution in [1.82, 2.24) is 4.90 Å². The molecule has 0 spiro atoms. The Kier molecular flexibility index (Phi) is 5.95. The number of nitrogens with one attached hydrogen (secondary N) is 1. The molecule has 0 radical (unpaired) electrons. The van der Waals surface area contributed by atoms with E-state index in [1.165, 1.54) is 10.5 Å². The summed E-state index contributed by atoms with van der Waals surface area (Å²) in [4.78, 5) is 21.1. The second-order valence-electron chi connectivity index (χ2n) is 7.31. The van der Waals surface area contributed by atoms with E-state index in [-0.39, 0.29) is 19.3 Å². The number of quaternary nitrogens is 1. The molecule has 2 aromatic rings. The average Bonchev–Trinajstić information content (AvgIpc) is 3.23. The molecule has 0 aromatic heterocycles. The van der Waals surface area contributed by atoms with E-state index in [0.29, 0.717) is 11.5 Å². The molecule has 7 heteroatoms. The van der Waals surface area contributed by atoms with Crippen molar-refractivity contribution < 1.29 is 24.0 Å². The molecule has 1 saturated heterocycles. The highest BCUT2D eigenvalue weighted by atomic mass is 16.7. The molecule has 0 aliphatic carbocycles. The van der Waals surface area contributed by atoms with E-state index in [1.807, 2.05) is 36.1 Å². The van der Waals surface area contributed by atoms with Crippen LogP contribution >= 0.6 is 0 Å². The third-order valence-electron chi connectivity index (χ3n) is 5.30. The molecule has 1 fully saturated rings. The maximum atomic E-state index is 12.4. The lowest BCUT2D eigenvalue weighted by Gasteiger charge is -2.32. The molecule has 0 saturated carbocycles. The van der Waals surface area contributed by atoms with Crippen molar-refractivity contribution in [2.45, 2.75) is 13.5 Å². The Hall–Kier alpha value is -3.06. The minimum absolute atomic E-state index is 0.0222. The smallest absolute Gasteiger partial charge is 0.263 e. The summed E-state index contributed by atoms with van der Waals surface area (Å²) in [5.74, 6) is 1.40. The van der Waals surface area contributed by atoms with Gasteiger partial charge in [0.05, 0.1) is 31.9 Å². The van der Waals surface area contributed by atoms with Gasteiger partial charge in [0, 0.05) is 11.1 Å². The van der Waals surface area contributed by atoms with E-state index < -0.39 is 0 Å². The molecular weight excluding hydrogens is 370 g/mol. The molecule has 1 N–H and O–H groups in total. The van der Waals surface area contributed by atoms with Crippen molar-refractivity contribution in [3.05, 3.63) is 59.7 Å². The van der Waals surface area contributed by atoms with Crippen molar-refractivity contribution >= 4 is 11.6 Å². The fourth-order valence-corrected chi connectivity index (χ4v) is 3.58. The molecule has 2 aromatic carbocycles. The predicted molar refractivity (Wildman–Crippen MR) is 108 cm³/mol. The number of fused-ring (bicyclic) bond motifs is 1. The number of carbonyl (C=O) groups excluding carboxylic acids is 1. The third-order valence-corrected chi connectivity index (χ3v) is 5.30. The Bertz CT molecular complexity index is 877. The monoisotopic (exact) mass is 396 g/mol. The minimum atomic E-state index is -0.0457. The summed E-state index contributed by atoms with van der Waals surface area (Å²) in [5, 5.41) is 4.09. The maximum absolute atomic E-state index is 12.4. The van der Waals surface area contributed by atoms with E-state index in [4.69, 9.17) is 14.3 Å². The van der Waals surface area contributed by atoms with Gasteiger partial charge in [-0.05, 0) is 25.1 Å². The second kappa shape index (κ2) is 8.96. The minimum Gasteiger partial charge on any atom is -0.454 e. The molecule has 29 heavy (non-hydrogen) atoms. The molecular formula is C22H26N3O4+. The molecule has 0 atom stereocenters. The summed E-state index contributed by atoms with van der Waals surface area (Å²) in [7, 11) is 0. The van der Waals surface area contributed by atoms with Crippen LogP contribution in [0.2, 0.25) is 0 Å². The van der Waals surface area contributed by atoms with Gasteiger partial charge < -0.3 is 24.1 Å². The molecule has 2 aliphatic rings. The topological polar surface area (TPSA) is 64.8 Å². The van der Waals surface area contributed by atoms with Crippen LogP contribution in [-0.4, -0.2) is 56.1 Å². The Morgan fingerprint density at radius 2 is 1.86 bits per heavy atom. The first kappa shape index (κ1) is 19.3. The zero-order valence-corrected chi connectivity index (χ0v) is 16.6. The van der Waals surface area contributed by atoms with Gasteiger partial charge in [0.15, 0.2) is 18.1 Å². The quantitative estimate of drug-likeness (QED) is 0.586. The first-order valence-electron chi connectivity index (χ1n) is 9.91. The van der Waals surface area contributed by atoms with Crippen LogP contribution in [-0.2, 0) is 16.2 Å². The van der Waals surface area contributed by atoms with Crippen LogP contribution in [0.15, 0.2) is 53.7 Å². The summed E-state index contributed by atoms with van der Waals surface area (Å²) < 4.78 is 10.7. The van der Waals surface area contributed by atoms with Crippen LogP contribution < -0.4 is 14.4 Å². The Morgan fingerprint density at radius 1 is 1.10 bits per heavy atom. The van der Waals surface area contributed by atoms with Crippen LogP contribution in [0, 0.1) is 0 Å². The largest absolute Gasteiger partial charge is 0.454 e. The fraction of sp³-hybridized carbons (Fsp3) is 0.364. The van der Waals surface area contributed by atoms with Crippen molar-refractivity contribution in [1.29, 1.82) is 0 Å². The van der Waals surface area contributed by atoms with Crippen LogP contribution in [0.4, 0.5) is 0 Å². The van der Waals surface area contributed by atoms with E-state index in [9.17, 15) is 4.79 Å². The molecule has 0 unspecified atom stereocenters. The van der Waals surface area contributed by atoms with Crippen molar-refractivity contribution in [3.63, 3.8) is 0 Å². The first-order chi connectivity index (χ1) is 14.2. The number of hydrogen-bond donors (Lipinski definition) is 1. The van der Waals surface area contributed by atoms with Gasteiger partial charge in [-0.1, -0.05) is 35.5 Å². The lowest BCUT2D eigenvalue weighted by atomic mass is 10.1. The number of rotatable bonds is 6. The molecule has 0 bridgehead atoms. The Morgan fingerprint density at radius 3 is 2.66 bits per heavy atom. The van der Waals surface area contributed by atoms with Gasteiger partial charge in [-0.3, -0.25) is 4.79 Å². The number of piperazine rings is 1. The molecule has 1 amide bonds. The van der Waals surface area contributed by atoms with E-state index in [2.05, 4.69) is 29.4 Å². The number of amides is 1. The third kappa shape index (κ3) is 4.86. The summed E-state index contributed by atoms with van der Waals surface area (Å²) in [5.41, 5.74) is 2.90. The van der Waals surface area contributed by atoms with Crippen LogP contribution in [0.5, 0.6) is 11.5 Å². The molecule has 152 valence electrons. The number of nitrogens with zero attached hydrogens (tertiary/aromatic N) is 2. The Balaban J connectivity index is 1.22. The van der Waals surface area contributed by atoms with Crippen molar-refractivity contribution in [2.75, 3.05) is 39.6 Å². The number of ether oxygens (including phenoxy) is 2. The van der Waals surface area contributed by atoms with Crippen LogP contribution in [0.25, 0.3) is 0 Å². The summed E-state index contributed by atoms with van der Waals surface area (Å²) in [6.07, 6.45) is 0. The highest BCUT2D eigenvalue weighted by Gasteiger charge is 2.24. The van der Waals surface area contributed by atoms with Gasteiger partial charge in [0.2, 0.25) is 6.79 Å². The summed E-state index contributed by atoms with van der Waals surface area (Å²) >= 11 is 0. The number of carbonyl (C=O) groups is 1. The van der Waals surface area contributed by atoms with Gasteiger partial charge in [0.25, 0.3) is 5.91 Å². The summed E-state index contributed by atoms with van der Waals surface area (Å²) in [6.45, 7) is 6.41. The normalized spacial score (nSPS) is 16.7. The summed E-state index contributed by atoms with van der Waals surface area (Å²) in [6, 6.07) is 16.1. The zero-order valence-electron chi connectivity index (χ0n) is 16.6. The lowest BCUT2D eigenvalue weighted by molar-refractivity contribution is -0.917. The maximum Gasteiger partial charge on any atom is 0.263 e.